The largest absolute Gasteiger partial charge is 0.474 e. The summed E-state index contributed by atoms with van der Waals surface area (Å²) in [6.45, 7) is 0.398. The lowest BCUT2D eigenvalue weighted by Gasteiger charge is -2.13. The Balaban J connectivity index is 1.40. The van der Waals surface area contributed by atoms with Crippen LogP contribution in [-0.2, 0) is 6.54 Å². The third kappa shape index (κ3) is 3.72. The van der Waals surface area contributed by atoms with E-state index in [2.05, 4.69) is 25.8 Å². The number of carbonyl (C=O) groups excluding carboxylic acids is 1. The summed E-state index contributed by atoms with van der Waals surface area (Å²) < 4.78 is 7.39. The average Bonchev–Trinajstić information content (AvgIpc) is 3.41. The van der Waals surface area contributed by atoms with Crippen molar-refractivity contribution in [3.63, 3.8) is 0 Å². The number of thiophene rings is 1. The number of hydrogen-bond acceptors (Lipinski definition) is 7. The number of hydrogen-bond donors (Lipinski definition) is 1. The van der Waals surface area contributed by atoms with Crippen LogP contribution in [0.3, 0.4) is 0 Å². The Labute approximate surface area is 154 Å². The quantitative estimate of drug-likeness (QED) is 0.716. The number of ether oxygens (including phenoxy) is 1. The molecule has 0 unspecified atom stereocenters. The van der Waals surface area contributed by atoms with Gasteiger partial charge in [0.1, 0.15) is 17.3 Å². The topological polar surface area (TPSA) is 94.8 Å². The van der Waals surface area contributed by atoms with Crippen LogP contribution in [0.25, 0.3) is 5.69 Å². The zero-order valence-corrected chi connectivity index (χ0v) is 14.9. The lowest BCUT2D eigenvalue weighted by molar-refractivity contribution is 0.0954. The van der Waals surface area contributed by atoms with E-state index < -0.39 is 0 Å². The number of nitrogens with zero attached hydrogens (tertiary/aromatic N) is 5. The molecule has 0 bridgehead atoms. The second-order valence-electron chi connectivity index (χ2n) is 6.10. The van der Waals surface area contributed by atoms with Crippen LogP contribution >= 0.6 is 11.3 Å². The highest BCUT2D eigenvalue weighted by atomic mass is 32.1. The maximum Gasteiger partial charge on any atom is 0.263 e. The Morgan fingerprint density at radius 3 is 3.04 bits per heavy atom. The lowest BCUT2D eigenvalue weighted by atomic mass is 10.2. The number of tetrazole rings is 1. The molecule has 1 saturated carbocycles. The molecule has 0 saturated heterocycles. The standard InChI is InChI=1S/C17H18N6O2S/c24-17(16-14(6-8-26-16)23-11-20-21-22-23)19-10-12-5-7-18-15(9-12)25-13-3-1-2-4-13/h5-9,11,13H,1-4,10H2,(H,19,24). The predicted molar refractivity (Wildman–Crippen MR) is 95.3 cm³/mol. The second kappa shape index (κ2) is 7.61. The first kappa shape index (κ1) is 16.6. The number of aromatic nitrogens is 5. The average molecular weight is 370 g/mol. The minimum absolute atomic E-state index is 0.166. The molecule has 9 heteroatoms. The molecular weight excluding hydrogens is 352 g/mol. The van der Waals surface area contributed by atoms with Gasteiger partial charge in [0.2, 0.25) is 5.88 Å². The van der Waals surface area contributed by atoms with Crippen LogP contribution in [0.15, 0.2) is 36.1 Å². The summed E-state index contributed by atoms with van der Waals surface area (Å²) >= 11 is 1.35. The van der Waals surface area contributed by atoms with E-state index in [0.717, 1.165) is 18.4 Å². The molecule has 3 aromatic heterocycles. The molecule has 0 aromatic carbocycles. The van der Waals surface area contributed by atoms with Gasteiger partial charge >= 0.3 is 0 Å². The highest BCUT2D eigenvalue weighted by molar-refractivity contribution is 7.12. The van der Waals surface area contributed by atoms with Crippen molar-refractivity contribution >= 4 is 17.2 Å². The van der Waals surface area contributed by atoms with E-state index >= 15 is 0 Å². The molecule has 1 aliphatic rings. The van der Waals surface area contributed by atoms with Gasteiger partial charge < -0.3 is 10.1 Å². The van der Waals surface area contributed by atoms with Gasteiger partial charge in [0.15, 0.2) is 0 Å². The summed E-state index contributed by atoms with van der Waals surface area (Å²) in [6.07, 6.45) is 8.03. The van der Waals surface area contributed by atoms with E-state index in [1.807, 2.05) is 23.6 Å². The minimum Gasteiger partial charge on any atom is -0.474 e. The fourth-order valence-corrected chi connectivity index (χ4v) is 3.78. The number of rotatable bonds is 6. The van der Waals surface area contributed by atoms with E-state index in [1.165, 1.54) is 35.2 Å². The van der Waals surface area contributed by atoms with Crippen LogP contribution < -0.4 is 10.1 Å². The normalized spacial score (nSPS) is 14.5. The molecule has 0 radical (unpaired) electrons. The van der Waals surface area contributed by atoms with Gasteiger partial charge in [-0.05, 0) is 59.2 Å². The van der Waals surface area contributed by atoms with Crippen LogP contribution in [0.2, 0.25) is 0 Å². The maximum atomic E-state index is 12.5. The Bertz CT molecular complexity index is 873. The number of pyridine rings is 1. The van der Waals surface area contributed by atoms with Crippen molar-refractivity contribution in [3.8, 4) is 11.6 Å². The highest BCUT2D eigenvalue weighted by Crippen LogP contribution is 2.23. The molecule has 1 amide bonds. The van der Waals surface area contributed by atoms with Gasteiger partial charge in [-0.2, -0.15) is 4.68 Å². The van der Waals surface area contributed by atoms with E-state index in [-0.39, 0.29) is 12.0 Å². The van der Waals surface area contributed by atoms with Gasteiger partial charge in [0.25, 0.3) is 5.91 Å². The van der Waals surface area contributed by atoms with Crippen molar-refractivity contribution in [2.24, 2.45) is 0 Å². The third-order valence-electron chi connectivity index (χ3n) is 4.29. The van der Waals surface area contributed by atoms with Crippen molar-refractivity contribution in [1.29, 1.82) is 0 Å². The van der Waals surface area contributed by atoms with E-state index in [4.69, 9.17) is 4.74 Å². The Morgan fingerprint density at radius 2 is 2.23 bits per heavy atom. The number of carbonyl (C=O) groups is 1. The second-order valence-corrected chi connectivity index (χ2v) is 7.01. The van der Waals surface area contributed by atoms with E-state index in [0.29, 0.717) is 23.0 Å². The number of amides is 1. The fraction of sp³-hybridized carbons (Fsp3) is 0.353. The SMILES string of the molecule is O=C(NCc1ccnc(OC2CCCC2)c1)c1sccc1-n1cnnn1. The Kier molecular flexibility index (Phi) is 4.87. The molecule has 3 aromatic rings. The first-order valence-electron chi connectivity index (χ1n) is 8.50. The predicted octanol–water partition coefficient (Wildman–Crippen LogP) is 2.37. The minimum atomic E-state index is -0.166. The summed E-state index contributed by atoms with van der Waals surface area (Å²) in [5.74, 6) is 0.453. The molecule has 0 spiro atoms. The van der Waals surface area contributed by atoms with Crippen LogP contribution in [0.4, 0.5) is 0 Å². The van der Waals surface area contributed by atoms with Crippen LogP contribution in [0.1, 0.15) is 40.9 Å². The summed E-state index contributed by atoms with van der Waals surface area (Å²) in [6, 6.07) is 5.57. The summed E-state index contributed by atoms with van der Waals surface area (Å²) in [5, 5.41) is 15.8. The molecule has 134 valence electrons. The molecule has 4 rings (SSSR count). The summed E-state index contributed by atoms with van der Waals surface area (Å²) in [7, 11) is 0. The van der Waals surface area contributed by atoms with Crippen molar-refractivity contribution in [1.82, 2.24) is 30.5 Å². The van der Waals surface area contributed by atoms with Crippen molar-refractivity contribution < 1.29 is 9.53 Å². The van der Waals surface area contributed by atoms with Crippen molar-refractivity contribution in [2.45, 2.75) is 38.3 Å². The summed E-state index contributed by atoms with van der Waals surface area (Å²) in [4.78, 5) is 17.4. The monoisotopic (exact) mass is 370 g/mol. The molecule has 8 nitrogen and oxygen atoms in total. The molecule has 0 aliphatic heterocycles. The van der Waals surface area contributed by atoms with Crippen LogP contribution in [-0.4, -0.2) is 37.2 Å². The maximum absolute atomic E-state index is 12.5. The number of nitrogens with one attached hydrogen (secondary N) is 1. The van der Waals surface area contributed by atoms with Crippen molar-refractivity contribution in [3.05, 3.63) is 46.5 Å². The van der Waals surface area contributed by atoms with Gasteiger partial charge in [-0.25, -0.2) is 4.98 Å². The zero-order chi connectivity index (χ0) is 17.8. The zero-order valence-electron chi connectivity index (χ0n) is 14.0. The smallest absolute Gasteiger partial charge is 0.263 e. The van der Waals surface area contributed by atoms with Crippen LogP contribution in [0.5, 0.6) is 5.88 Å². The first-order valence-corrected chi connectivity index (χ1v) is 9.38. The van der Waals surface area contributed by atoms with Gasteiger partial charge in [-0.3, -0.25) is 4.79 Å². The van der Waals surface area contributed by atoms with E-state index in [9.17, 15) is 4.79 Å². The Morgan fingerprint density at radius 1 is 1.35 bits per heavy atom. The van der Waals surface area contributed by atoms with Gasteiger partial charge in [0.05, 0.1) is 5.69 Å². The van der Waals surface area contributed by atoms with Gasteiger partial charge in [-0.15, -0.1) is 16.4 Å². The molecular formula is C17H18N6O2S. The molecule has 0 atom stereocenters. The van der Waals surface area contributed by atoms with Crippen LogP contribution in [0, 0.1) is 0 Å². The third-order valence-corrected chi connectivity index (χ3v) is 5.19. The highest BCUT2D eigenvalue weighted by Gasteiger charge is 2.18. The van der Waals surface area contributed by atoms with Gasteiger partial charge in [-0.1, -0.05) is 0 Å². The Hall–Kier alpha value is -2.81. The molecule has 26 heavy (non-hydrogen) atoms. The first-order chi connectivity index (χ1) is 12.8. The van der Waals surface area contributed by atoms with Crippen molar-refractivity contribution in [2.75, 3.05) is 0 Å². The lowest BCUT2D eigenvalue weighted by Crippen LogP contribution is -2.23. The molecule has 1 fully saturated rings. The molecule has 1 N–H and O–H groups in total. The van der Waals surface area contributed by atoms with Gasteiger partial charge in [0, 0.05) is 18.8 Å². The molecule has 1 aliphatic carbocycles. The fourth-order valence-electron chi connectivity index (χ4n) is 2.99. The summed E-state index contributed by atoms with van der Waals surface area (Å²) in [5.41, 5.74) is 1.61. The molecule has 3 heterocycles. The van der Waals surface area contributed by atoms with E-state index in [1.54, 1.807) is 6.20 Å².